The zero-order chi connectivity index (χ0) is 16.4. The van der Waals surface area contributed by atoms with Crippen molar-refractivity contribution in [2.24, 2.45) is 0 Å². The molecule has 5 nitrogen and oxygen atoms in total. The van der Waals surface area contributed by atoms with Gasteiger partial charge in [-0.05, 0) is 44.0 Å². The summed E-state index contributed by atoms with van der Waals surface area (Å²) in [5.41, 5.74) is 2.89. The van der Waals surface area contributed by atoms with Crippen molar-refractivity contribution in [3.63, 3.8) is 0 Å². The molecular formula is C18H21N3O2. The van der Waals surface area contributed by atoms with Crippen LogP contribution < -0.4 is 10.2 Å². The van der Waals surface area contributed by atoms with Gasteiger partial charge in [-0.3, -0.25) is 4.79 Å². The van der Waals surface area contributed by atoms with Gasteiger partial charge in [-0.15, -0.1) is 0 Å². The van der Waals surface area contributed by atoms with Gasteiger partial charge in [0.25, 0.3) is 5.91 Å². The minimum Gasteiger partial charge on any atom is -0.392 e. The molecule has 1 aromatic heterocycles. The molecule has 0 fully saturated rings. The molecule has 23 heavy (non-hydrogen) atoms. The van der Waals surface area contributed by atoms with Crippen molar-refractivity contribution in [1.82, 2.24) is 10.3 Å². The van der Waals surface area contributed by atoms with Gasteiger partial charge < -0.3 is 15.3 Å². The molecule has 2 atom stereocenters. The Labute approximate surface area is 136 Å². The lowest BCUT2D eigenvalue weighted by Crippen LogP contribution is -2.33. The number of aromatic nitrogens is 1. The van der Waals surface area contributed by atoms with E-state index in [1.54, 1.807) is 25.3 Å². The number of fused-ring (bicyclic) bond motifs is 1. The molecule has 0 saturated carbocycles. The minimum absolute atomic E-state index is 0.217. The van der Waals surface area contributed by atoms with E-state index < -0.39 is 6.10 Å². The fraction of sp³-hybridized carbons (Fsp3) is 0.333. The summed E-state index contributed by atoms with van der Waals surface area (Å²) in [6, 6.07) is 12.0. The molecule has 1 aliphatic rings. The van der Waals surface area contributed by atoms with Crippen molar-refractivity contribution in [2.45, 2.75) is 32.4 Å². The van der Waals surface area contributed by atoms with Gasteiger partial charge in [0, 0.05) is 24.5 Å². The summed E-state index contributed by atoms with van der Waals surface area (Å²) < 4.78 is 0. The van der Waals surface area contributed by atoms with Crippen LogP contribution in [0.2, 0.25) is 0 Å². The van der Waals surface area contributed by atoms with Crippen LogP contribution in [0.3, 0.4) is 0 Å². The molecule has 1 aromatic carbocycles. The number of aliphatic hydroxyl groups excluding tert-OH is 1. The lowest BCUT2D eigenvalue weighted by molar-refractivity contribution is 0.0924. The summed E-state index contributed by atoms with van der Waals surface area (Å²) in [4.78, 5) is 19.0. The average Bonchev–Trinajstić information content (AvgIpc) is 2.88. The quantitative estimate of drug-likeness (QED) is 0.909. The Bertz CT molecular complexity index is 715. The Kier molecular flexibility index (Phi) is 4.30. The van der Waals surface area contributed by atoms with E-state index in [9.17, 15) is 9.90 Å². The van der Waals surface area contributed by atoms with Crippen LogP contribution in [-0.2, 0) is 6.42 Å². The number of para-hydroxylation sites is 1. The highest BCUT2D eigenvalue weighted by Gasteiger charge is 2.30. The molecule has 2 N–H and O–H groups in total. The predicted molar refractivity (Wildman–Crippen MR) is 90.0 cm³/mol. The molecule has 5 heteroatoms. The van der Waals surface area contributed by atoms with Crippen molar-refractivity contribution in [2.75, 3.05) is 11.4 Å². The second-order valence-corrected chi connectivity index (χ2v) is 5.99. The third-order valence-electron chi connectivity index (χ3n) is 4.02. The zero-order valence-electron chi connectivity index (χ0n) is 13.4. The Hall–Kier alpha value is -2.40. The molecule has 0 radical (unpaired) electrons. The normalized spacial score (nSPS) is 17.7. The number of hydrogen-bond acceptors (Lipinski definition) is 4. The molecule has 2 aromatic rings. The van der Waals surface area contributed by atoms with Gasteiger partial charge in [-0.25, -0.2) is 4.98 Å². The maximum absolute atomic E-state index is 12.5. The van der Waals surface area contributed by atoms with Crippen molar-refractivity contribution >= 4 is 17.4 Å². The smallest absolute Gasteiger partial charge is 0.255 e. The topological polar surface area (TPSA) is 65.5 Å². The SMILES string of the molecule is CC(O)CNC(=O)c1cccnc1N1c2ccccc2CC1C. The van der Waals surface area contributed by atoms with Crippen molar-refractivity contribution < 1.29 is 9.90 Å². The fourth-order valence-corrected chi connectivity index (χ4v) is 2.99. The number of aliphatic hydroxyl groups is 1. The van der Waals surface area contributed by atoms with E-state index in [4.69, 9.17) is 0 Å². The lowest BCUT2D eigenvalue weighted by Gasteiger charge is -2.25. The van der Waals surface area contributed by atoms with Crippen molar-refractivity contribution in [3.05, 3.63) is 53.7 Å². The number of nitrogens with zero attached hydrogens (tertiary/aromatic N) is 2. The summed E-state index contributed by atoms with van der Waals surface area (Å²) in [7, 11) is 0. The summed E-state index contributed by atoms with van der Waals surface area (Å²) in [6.45, 7) is 3.99. The number of nitrogens with one attached hydrogen (secondary N) is 1. The Morgan fingerprint density at radius 3 is 2.96 bits per heavy atom. The molecule has 0 spiro atoms. The average molecular weight is 311 g/mol. The summed E-state index contributed by atoms with van der Waals surface area (Å²) in [5.74, 6) is 0.443. The van der Waals surface area contributed by atoms with E-state index in [1.807, 2.05) is 12.1 Å². The highest BCUT2D eigenvalue weighted by atomic mass is 16.3. The fourth-order valence-electron chi connectivity index (χ4n) is 2.99. The van der Waals surface area contributed by atoms with E-state index in [0.29, 0.717) is 11.4 Å². The van der Waals surface area contributed by atoms with Crippen LogP contribution in [-0.4, -0.2) is 34.7 Å². The number of carbonyl (C=O) groups excluding carboxylic acids is 1. The molecule has 1 aliphatic heterocycles. The van der Waals surface area contributed by atoms with Crippen LogP contribution in [0.4, 0.5) is 11.5 Å². The van der Waals surface area contributed by atoms with E-state index in [-0.39, 0.29) is 18.5 Å². The second-order valence-electron chi connectivity index (χ2n) is 5.99. The minimum atomic E-state index is -0.578. The van der Waals surface area contributed by atoms with Gasteiger partial charge >= 0.3 is 0 Å². The monoisotopic (exact) mass is 311 g/mol. The van der Waals surface area contributed by atoms with Gasteiger partial charge in [0.15, 0.2) is 0 Å². The largest absolute Gasteiger partial charge is 0.392 e. The standard InChI is InChI=1S/C18H21N3O2/c1-12-10-14-6-3-4-8-16(14)21(12)17-15(7-5-9-19-17)18(23)20-11-13(2)22/h3-9,12-13,22H,10-11H2,1-2H3,(H,20,23). The molecule has 2 unspecified atom stereocenters. The summed E-state index contributed by atoms with van der Waals surface area (Å²) in [5, 5.41) is 12.1. The number of anilines is 2. The number of rotatable bonds is 4. The first kappa shape index (κ1) is 15.5. The number of pyridine rings is 1. The van der Waals surface area contributed by atoms with Crippen LogP contribution in [0.15, 0.2) is 42.6 Å². The van der Waals surface area contributed by atoms with Gasteiger partial charge in [0.1, 0.15) is 5.82 Å². The van der Waals surface area contributed by atoms with E-state index in [0.717, 1.165) is 12.1 Å². The van der Waals surface area contributed by atoms with E-state index in [1.165, 1.54) is 5.56 Å². The van der Waals surface area contributed by atoms with Gasteiger partial charge in [0.2, 0.25) is 0 Å². The molecule has 0 aliphatic carbocycles. The van der Waals surface area contributed by atoms with Crippen molar-refractivity contribution in [3.8, 4) is 0 Å². The summed E-state index contributed by atoms with van der Waals surface area (Å²) >= 11 is 0. The predicted octanol–water partition coefficient (Wildman–Crippen LogP) is 2.27. The van der Waals surface area contributed by atoms with Gasteiger partial charge in [-0.1, -0.05) is 18.2 Å². The molecule has 3 rings (SSSR count). The number of carbonyl (C=O) groups is 1. The Morgan fingerprint density at radius 1 is 1.39 bits per heavy atom. The third kappa shape index (κ3) is 3.05. The van der Waals surface area contributed by atoms with Crippen LogP contribution in [0.25, 0.3) is 0 Å². The third-order valence-corrected chi connectivity index (χ3v) is 4.02. The maximum atomic E-state index is 12.5. The lowest BCUT2D eigenvalue weighted by atomic mass is 10.1. The van der Waals surface area contributed by atoms with Crippen LogP contribution >= 0.6 is 0 Å². The first-order chi connectivity index (χ1) is 11.1. The molecule has 0 saturated heterocycles. The van der Waals surface area contributed by atoms with Crippen LogP contribution in [0, 0.1) is 0 Å². The highest BCUT2D eigenvalue weighted by molar-refractivity contribution is 6.00. The second kappa shape index (κ2) is 6.38. The first-order valence-electron chi connectivity index (χ1n) is 7.86. The Balaban J connectivity index is 1.96. The molecule has 2 heterocycles. The Morgan fingerprint density at radius 2 is 2.17 bits per heavy atom. The van der Waals surface area contributed by atoms with Gasteiger partial charge in [0.05, 0.1) is 11.7 Å². The van der Waals surface area contributed by atoms with Crippen LogP contribution in [0.1, 0.15) is 29.8 Å². The molecule has 0 bridgehead atoms. The number of hydrogen-bond donors (Lipinski definition) is 2. The molecule has 120 valence electrons. The van der Waals surface area contributed by atoms with Gasteiger partial charge in [-0.2, -0.15) is 0 Å². The molecular weight excluding hydrogens is 290 g/mol. The zero-order valence-corrected chi connectivity index (χ0v) is 13.4. The highest BCUT2D eigenvalue weighted by Crippen LogP contribution is 2.38. The number of amides is 1. The maximum Gasteiger partial charge on any atom is 0.255 e. The summed E-state index contributed by atoms with van der Waals surface area (Å²) in [6.07, 6.45) is 2.06. The molecule has 1 amide bonds. The number of benzene rings is 1. The van der Waals surface area contributed by atoms with E-state index in [2.05, 4.69) is 34.3 Å². The van der Waals surface area contributed by atoms with Crippen LogP contribution in [0.5, 0.6) is 0 Å². The van der Waals surface area contributed by atoms with E-state index >= 15 is 0 Å². The first-order valence-corrected chi connectivity index (χ1v) is 7.86. The van der Waals surface area contributed by atoms with Crippen molar-refractivity contribution in [1.29, 1.82) is 0 Å².